The monoisotopic (exact) mass is 318 g/mol. The molecule has 0 atom stereocenters. The molecule has 0 spiro atoms. The summed E-state index contributed by atoms with van der Waals surface area (Å²) in [4.78, 5) is 21.7. The highest BCUT2D eigenvalue weighted by molar-refractivity contribution is 5.90. The van der Waals surface area contributed by atoms with Crippen LogP contribution in [0.3, 0.4) is 0 Å². The van der Waals surface area contributed by atoms with Crippen LogP contribution in [0.5, 0.6) is 5.88 Å². The third kappa shape index (κ3) is 2.69. The number of aromatic nitrogens is 4. The van der Waals surface area contributed by atoms with Crippen molar-refractivity contribution < 1.29 is 9.53 Å². The maximum absolute atomic E-state index is 11.6. The summed E-state index contributed by atoms with van der Waals surface area (Å²) >= 11 is 0. The van der Waals surface area contributed by atoms with Crippen LogP contribution in [0, 0.1) is 0 Å². The standard InChI is InChI=1S/C15H22N6O2/c1-5-10(22)20-6-9(7-20)23-14-11-12(16)17-8-18-13(11)21(19-14)15(2,3)4/h8-9H,5-7H2,1-4H3,(H2,16,17,18). The van der Waals surface area contributed by atoms with E-state index in [1.54, 1.807) is 9.58 Å². The van der Waals surface area contributed by atoms with Gasteiger partial charge in [0, 0.05) is 6.42 Å². The topological polar surface area (TPSA) is 99.2 Å². The van der Waals surface area contributed by atoms with Crippen LogP contribution in [0.25, 0.3) is 11.0 Å². The van der Waals surface area contributed by atoms with Gasteiger partial charge < -0.3 is 15.4 Å². The normalized spacial score (nSPS) is 15.7. The summed E-state index contributed by atoms with van der Waals surface area (Å²) in [6, 6.07) is 0. The zero-order chi connectivity index (χ0) is 16.8. The van der Waals surface area contributed by atoms with Crippen LogP contribution in [0.1, 0.15) is 34.1 Å². The Labute approximate surface area is 134 Å². The number of nitrogens with two attached hydrogens (primary N) is 1. The van der Waals surface area contributed by atoms with Gasteiger partial charge in [-0.3, -0.25) is 4.79 Å². The van der Waals surface area contributed by atoms with Gasteiger partial charge in [-0.2, -0.15) is 0 Å². The molecule has 0 aromatic carbocycles. The number of likely N-dealkylation sites (tertiary alicyclic amines) is 1. The van der Waals surface area contributed by atoms with Gasteiger partial charge in [0.1, 0.15) is 23.6 Å². The number of carbonyl (C=O) groups excluding carboxylic acids is 1. The SMILES string of the molecule is CCC(=O)N1CC(Oc2nn(C(C)(C)C)c3ncnc(N)c23)C1. The molecule has 8 nitrogen and oxygen atoms in total. The molecule has 2 aromatic rings. The maximum Gasteiger partial charge on any atom is 0.246 e. The Hall–Kier alpha value is -2.38. The van der Waals surface area contributed by atoms with Crippen molar-refractivity contribution in [3.8, 4) is 5.88 Å². The number of fused-ring (bicyclic) bond motifs is 1. The minimum atomic E-state index is -0.259. The molecule has 1 fully saturated rings. The highest BCUT2D eigenvalue weighted by Crippen LogP contribution is 2.32. The number of ether oxygens (including phenoxy) is 1. The van der Waals surface area contributed by atoms with E-state index in [1.165, 1.54) is 6.33 Å². The van der Waals surface area contributed by atoms with Gasteiger partial charge in [0.25, 0.3) is 0 Å². The summed E-state index contributed by atoms with van der Waals surface area (Å²) in [5, 5.41) is 5.17. The Morgan fingerprint density at radius 1 is 1.39 bits per heavy atom. The smallest absolute Gasteiger partial charge is 0.246 e. The second-order valence-electron chi connectivity index (χ2n) is 6.74. The van der Waals surface area contributed by atoms with Crippen LogP contribution >= 0.6 is 0 Å². The molecular formula is C15H22N6O2. The van der Waals surface area contributed by atoms with Crippen LogP contribution in [0.15, 0.2) is 6.33 Å². The lowest BCUT2D eigenvalue weighted by Crippen LogP contribution is -2.56. The second-order valence-corrected chi connectivity index (χ2v) is 6.74. The quantitative estimate of drug-likeness (QED) is 0.912. The summed E-state index contributed by atoms with van der Waals surface area (Å²) in [5.74, 6) is 0.917. The predicted octanol–water partition coefficient (Wildman–Crippen LogP) is 1.16. The van der Waals surface area contributed by atoms with Crippen molar-refractivity contribution >= 4 is 22.8 Å². The predicted molar refractivity (Wildman–Crippen MR) is 86.0 cm³/mol. The zero-order valence-corrected chi connectivity index (χ0v) is 13.9. The van der Waals surface area contributed by atoms with E-state index < -0.39 is 0 Å². The van der Waals surface area contributed by atoms with E-state index in [4.69, 9.17) is 10.5 Å². The van der Waals surface area contributed by atoms with E-state index in [2.05, 4.69) is 15.1 Å². The van der Waals surface area contributed by atoms with Gasteiger partial charge in [-0.15, -0.1) is 5.10 Å². The fraction of sp³-hybridized carbons (Fsp3) is 0.600. The van der Waals surface area contributed by atoms with Crippen molar-refractivity contribution in [3.05, 3.63) is 6.33 Å². The van der Waals surface area contributed by atoms with Gasteiger partial charge >= 0.3 is 0 Å². The van der Waals surface area contributed by atoms with Crippen molar-refractivity contribution in [3.63, 3.8) is 0 Å². The molecule has 2 aromatic heterocycles. The second kappa shape index (κ2) is 5.36. The van der Waals surface area contributed by atoms with Gasteiger partial charge in [-0.1, -0.05) is 6.92 Å². The highest BCUT2D eigenvalue weighted by atomic mass is 16.5. The van der Waals surface area contributed by atoms with E-state index in [0.29, 0.717) is 42.2 Å². The molecule has 0 aliphatic carbocycles. The van der Waals surface area contributed by atoms with Gasteiger partial charge in [0.2, 0.25) is 11.8 Å². The van der Waals surface area contributed by atoms with Crippen molar-refractivity contribution in [1.29, 1.82) is 0 Å². The van der Waals surface area contributed by atoms with E-state index in [1.807, 2.05) is 27.7 Å². The molecule has 3 heterocycles. The number of anilines is 1. The van der Waals surface area contributed by atoms with Crippen molar-refractivity contribution in [2.24, 2.45) is 0 Å². The number of nitrogens with zero attached hydrogens (tertiary/aromatic N) is 5. The van der Waals surface area contributed by atoms with Crippen LogP contribution in [0.2, 0.25) is 0 Å². The number of hydrogen-bond acceptors (Lipinski definition) is 6. The molecule has 0 unspecified atom stereocenters. The first-order valence-corrected chi connectivity index (χ1v) is 7.75. The summed E-state index contributed by atoms with van der Waals surface area (Å²) in [6.45, 7) is 9.10. The Balaban J connectivity index is 1.89. The average molecular weight is 318 g/mol. The van der Waals surface area contributed by atoms with E-state index in [-0.39, 0.29) is 17.6 Å². The number of hydrogen-bond donors (Lipinski definition) is 1. The van der Waals surface area contributed by atoms with Crippen molar-refractivity contribution in [2.45, 2.75) is 45.8 Å². The molecule has 1 aliphatic heterocycles. The summed E-state index contributed by atoms with van der Waals surface area (Å²) in [7, 11) is 0. The Morgan fingerprint density at radius 2 is 2.09 bits per heavy atom. The summed E-state index contributed by atoms with van der Waals surface area (Å²) in [5.41, 5.74) is 6.39. The number of amides is 1. The molecule has 0 saturated carbocycles. The Kier molecular flexibility index (Phi) is 3.62. The van der Waals surface area contributed by atoms with E-state index in [9.17, 15) is 4.79 Å². The molecule has 0 bridgehead atoms. The van der Waals surface area contributed by atoms with Gasteiger partial charge in [-0.25, -0.2) is 14.6 Å². The number of nitrogen functional groups attached to an aromatic ring is 1. The van der Waals surface area contributed by atoms with Crippen LogP contribution in [-0.4, -0.2) is 49.7 Å². The minimum Gasteiger partial charge on any atom is -0.469 e. The fourth-order valence-corrected chi connectivity index (χ4v) is 2.59. The lowest BCUT2D eigenvalue weighted by molar-refractivity contribution is -0.139. The van der Waals surface area contributed by atoms with Crippen LogP contribution in [0.4, 0.5) is 5.82 Å². The maximum atomic E-state index is 11.6. The molecule has 124 valence electrons. The first-order valence-electron chi connectivity index (χ1n) is 7.75. The third-order valence-electron chi connectivity index (χ3n) is 3.88. The molecule has 1 saturated heterocycles. The van der Waals surface area contributed by atoms with Crippen molar-refractivity contribution in [2.75, 3.05) is 18.8 Å². The summed E-state index contributed by atoms with van der Waals surface area (Å²) in [6.07, 6.45) is 1.86. The first-order chi connectivity index (χ1) is 10.8. The van der Waals surface area contributed by atoms with E-state index >= 15 is 0 Å². The first kappa shape index (κ1) is 15.5. The number of carbonyl (C=O) groups is 1. The van der Waals surface area contributed by atoms with Gasteiger partial charge in [0.15, 0.2) is 5.65 Å². The largest absolute Gasteiger partial charge is 0.469 e. The highest BCUT2D eigenvalue weighted by Gasteiger charge is 2.33. The van der Waals surface area contributed by atoms with E-state index in [0.717, 1.165) is 0 Å². The average Bonchev–Trinajstić information content (AvgIpc) is 2.81. The molecule has 23 heavy (non-hydrogen) atoms. The van der Waals surface area contributed by atoms with Crippen LogP contribution < -0.4 is 10.5 Å². The third-order valence-corrected chi connectivity index (χ3v) is 3.88. The molecule has 1 aliphatic rings. The molecule has 3 rings (SSSR count). The lowest BCUT2D eigenvalue weighted by Gasteiger charge is -2.38. The molecule has 0 radical (unpaired) electrons. The molecule has 2 N–H and O–H groups in total. The van der Waals surface area contributed by atoms with Crippen LogP contribution in [-0.2, 0) is 10.3 Å². The zero-order valence-electron chi connectivity index (χ0n) is 13.9. The lowest BCUT2D eigenvalue weighted by atomic mass is 10.1. The minimum absolute atomic E-state index is 0.0726. The molecular weight excluding hydrogens is 296 g/mol. The van der Waals surface area contributed by atoms with Gasteiger partial charge in [-0.05, 0) is 20.8 Å². The Morgan fingerprint density at radius 3 is 2.70 bits per heavy atom. The fourth-order valence-electron chi connectivity index (χ4n) is 2.59. The Bertz CT molecular complexity index is 742. The molecule has 8 heteroatoms. The van der Waals surface area contributed by atoms with Gasteiger partial charge in [0.05, 0.1) is 18.6 Å². The molecule has 1 amide bonds. The van der Waals surface area contributed by atoms with Crippen molar-refractivity contribution in [1.82, 2.24) is 24.6 Å². The number of rotatable bonds is 3. The summed E-state index contributed by atoms with van der Waals surface area (Å²) < 4.78 is 7.75.